The summed E-state index contributed by atoms with van der Waals surface area (Å²) in [5.74, 6) is 0.619. The normalized spacial score (nSPS) is 22.8. The number of benzene rings is 2. The van der Waals surface area contributed by atoms with Crippen molar-refractivity contribution < 1.29 is 27.9 Å². The van der Waals surface area contributed by atoms with E-state index in [9.17, 15) is 18.5 Å². The Morgan fingerprint density at radius 3 is 2.76 bits per heavy atom. The number of nitrogens with zero attached hydrogens (tertiary/aromatic N) is 2. The summed E-state index contributed by atoms with van der Waals surface area (Å²) in [5, 5.41) is 20.6. The van der Waals surface area contributed by atoms with Crippen LogP contribution in [0.4, 0.5) is 0 Å². The second kappa shape index (κ2) is 7.43. The Balaban J connectivity index is 1.67. The monoisotopic (exact) mass is 417 g/mol. The van der Waals surface area contributed by atoms with Gasteiger partial charge in [-0.25, -0.2) is 5.43 Å². The summed E-state index contributed by atoms with van der Waals surface area (Å²) < 4.78 is 39.9. The van der Waals surface area contributed by atoms with Gasteiger partial charge in [0.1, 0.15) is 10.6 Å². The summed E-state index contributed by atoms with van der Waals surface area (Å²) in [4.78, 5) is 0.176. The summed E-state index contributed by atoms with van der Waals surface area (Å²) in [6, 6.07) is 11.6. The Hall–Kier alpha value is -2.44. The molecule has 2 unspecified atom stereocenters. The Morgan fingerprint density at radius 2 is 2.03 bits per heavy atom. The van der Waals surface area contributed by atoms with Crippen LogP contribution in [-0.2, 0) is 14.8 Å². The minimum absolute atomic E-state index is 0.176. The fraction of sp³-hybridized carbons (Fsp3) is 0.278. The maximum absolute atomic E-state index is 12.4. The van der Waals surface area contributed by atoms with Crippen LogP contribution in [0.2, 0.25) is 0 Å². The van der Waals surface area contributed by atoms with Gasteiger partial charge in [-0.05, 0) is 25.1 Å². The van der Waals surface area contributed by atoms with Crippen LogP contribution in [0.25, 0.3) is 0 Å². The molecule has 2 aromatic rings. The molecule has 2 heterocycles. The first-order valence-electron chi connectivity index (χ1n) is 8.97. The average molecular weight is 417 g/mol. The van der Waals surface area contributed by atoms with E-state index in [-0.39, 0.29) is 16.5 Å². The van der Waals surface area contributed by atoms with Gasteiger partial charge in [0, 0.05) is 16.6 Å². The minimum Gasteiger partial charge on any atom is -0.497 e. The Labute approximate surface area is 168 Å². The summed E-state index contributed by atoms with van der Waals surface area (Å²) in [6.07, 6.45) is -0.843. The van der Waals surface area contributed by atoms with E-state index < -0.39 is 23.4 Å². The molecule has 1 saturated heterocycles. The number of fused-ring (bicyclic) bond motifs is 1. The number of hydrogen-bond acceptors (Lipinski definition) is 8. The number of ether oxygens (including phenoxy) is 2. The summed E-state index contributed by atoms with van der Waals surface area (Å²) >= 11 is 0. The van der Waals surface area contributed by atoms with Gasteiger partial charge in [0.2, 0.25) is 0 Å². The number of methoxy groups -OCH3 is 1. The molecule has 29 heavy (non-hydrogen) atoms. The van der Waals surface area contributed by atoms with Crippen LogP contribution in [0.5, 0.6) is 5.75 Å². The first-order valence-corrected chi connectivity index (χ1v) is 10.4. The van der Waals surface area contributed by atoms with Crippen molar-refractivity contribution in [2.45, 2.75) is 24.2 Å². The van der Waals surface area contributed by atoms with Gasteiger partial charge in [-0.1, -0.05) is 24.3 Å². The molecule has 0 spiro atoms. The first-order chi connectivity index (χ1) is 13.8. The van der Waals surface area contributed by atoms with E-state index in [1.54, 1.807) is 41.4 Å². The second-order valence-electron chi connectivity index (χ2n) is 6.83. The van der Waals surface area contributed by atoms with E-state index in [2.05, 4.69) is 9.82 Å². The third kappa shape index (κ3) is 3.63. The van der Waals surface area contributed by atoms with Crippen LogP contribution in [0.15, 0.2) is 51.8 Å². The molecule has 9 nitrogen and oxygen atoms in total. The van der Waals surface area contributed by atoms with Crippen LogP contribution >= 0.6 is 0 Å². The van der Waals surface area contributed by atoms with Crippen LogP contribution in [-0.4, -0.2) is 56.2 Å². The third-order valence-corrected chi connectivity index (χ3v) is 6.11. The summed E-state index contributed by atoms with van der Waals surface area (Å²) in [6.45, 7) is 2.27. The average Bonchev–Trinajstić information content (AvgIpc) is 2.98. The predicted octanol–water partition coefficient (Wildman–Crippen LogP) is -0.252. The smallest absolute Gasteiger partial charge is 0.492 e. The Morgan fingerprint density at radius 1 is 1.28 bits per heavy atom. The quantitative estimate of drug-likeness (QED) is 0.585. The molecular weight excluding hydrogens is 397 g/mol. The molecule has 0 aromatic heterocycles. The maximum Gasteiger partial charge on any atom is 0.492 e. The van der Waals surface area contributed by atoms with Crippen molar-refractivity contribution in [2.75, 3.05) is 13.7 Å². The van der Waals surface area contributed by atoms with Gasteiger partial charge in [-0.2, -0.15) is 8.42 Å². The highest BCUT2D eigenvalue weighted by Crippen LogP contribution is 2.30. The van der Waals surface area contributed by atoms with Gasteiger partial charge in [0.15, 0.2) is 12.1 Å². The molecule has 3 N–H and O–H groups in total. The van der Waals surface area contributed by atoms with Crippen LogP contribution < -0.4 is 15.6 Å². The molecule has 0 amide bonds. The third-order valence-electron chi connectivity index (χ3n) is 4.79. The highest BCUT2D eigenvalue weighted by Gasteiger charge is 2.36. The van der Waals surface area contributed by atoms with Crippen molar-refractivity contribution in [3.8, 4) is 5.75 Å². The highest BCUT2D eigenvalue weighted by molar-refractivity contribution is 7.90. The van der Waals surface area contributed by atoms with Gasteiger partial charge in [0.05, 0.1) is 19.8 Å². The zero-order valence-corrected chi connectivity index (χ0v) is 16.6. The molecule has 4 rings (SSSR count). The van der Waals surface area contributed by atoms with Crippen molar-refractivity contribution in [3.63, 3.8) is 0 Å². The number of amidine groups is 1. The van der Waals surface area contributed by atoms with Gasteiger partial charge < -0.3 is 19.5 Å². The van der Waals surface area contributed by atoms with Crippen molar-refractivity contribution in [1.82, 2.24) is 10.4 Å². The summed E-state index contributed by atoms with van der Waals surface area (Å²) in [5.41, 5.74) is 4.60. The number of rotatable bonds is 3. The molecule has 2 aliphatic heterocycles. The second-order valence-corrected chi connectivity index (χ2v) is 8.40. The lowest BCUT2D eigenvalue weighted by molar-refractivity contribution is -0.104. The number of nitrogens with one attached hydrogen (secondary N) is 1. The predicted molar refractivity (Wildman–Crippen MR) is 106 cm³/mol. The summed E-state index contributed by atoms with van der Waals surface area (Å²) in [7, 11) is -3.97. The molecule has 1 fully saturated rings. The lowest BCUT2D eigenvalue weighted by Crippen LogP contribution is -2.54. The fourth-order valence-electron chi connectivity index (χ4n) is 3.45. The zero-order valence-electron chi connectivity index (χ0n) is 15.8. The molecule has 2 atom stereocenters. The van der Waals surface area contributed by atoms with Gasteiger partial charge in [-0.3, -0.25) is 5.01 Å². The van der Waals surface area contributed by atoms with Crippen LogP contribution in [0, 0.1) is 0 Å². The van der Waals surface area contributed by atoms with E-state index in [0.717, 1.165) is 0 Å². The molecule has 2 aromatic carbocycles. The molecule has 0 aliphatic carbocycles. The van der Waals surface area contributed by atoms with E-state index in [0.29, 0.717) is 29.3 Å². The molecule has 11 heteroatoms. The number of hydrazine groups is 1. The van der Waals surface area contributed by atoms with E-state index >= 15 is 0 Å². The maximum atomic E-state index is 12.4. The van der Waals surface area contributed by atoms with Gasteiger partial charge >= 0.3 is 7.12 Å². The number of hydrogen-bond donors (Lipinski definition) is 3. The topological polar surface area (TPSA) is 121 Å². The highest BCUT2D eigenvalue weighted by atomic mass is 32.2. The van der Waals surface area contributed by atoms with Gasteiger partial charge in [0.25, 0.3) is 10.0 Å². The van der Waals surface area contributed by atoms with Crippen molar-refractivity contribution in [2.24, 2.45) is 4.40 Å². The van der Waals surface area contributed by atoms with Crippen LogP contribution in [0.1, 0.15) is 24.3 Å². The van der Waals surface area contributed by atoms with Crippen molar-refractivity contribution >= 4 is 28.4 Å². The largest absolute Gasteiger partial charge is 0.497 e. The molecule has 2 aliphatic rings. The number of sulfonamides is 1. The van der Waals surface area contributed by atoms with E-state index in [4.69, 9.17) is 9.47 Å². The van der Waals surface area contributed by atoms with Crippen molar-refractivity contribution in [1.29, 1.82) is 0 Å². The van der Waals surface area contributed by atoms with Gasteiger partial charge in [-0.15, -0.1) is 4.40 Å². The SMILES string of the molecule is COc1cc(C2NN(C3=NS(=O)(=O)c4ccccc43)CC(C)O2)ccc1B(O)O. The van der Waals surface area contributed by atoms with E-state index in [1.807, 2.05) is 6.92 Å². The minimum atomic E-state index is -3.74. The first kappa shape index (κ1) is 19.9. The molecule has 152 valence electrons. The lowest BCUT2D eigenvalue weighted by atomic mass is 9.79. The molecule has 0 saturated carbocycles. The van der Waals surface area contributed by atoms with E-state index in [1.165, 1.54) is 13.2 Å². The molecule has 0 bridgehead atoms. The lowest BCUT2D eigenvalue weighted by Gasteiger charge is -2.38. The molecule has 0 radical (unpaired) electrons. The molecular formula is C18H20BN3O6S. The standard InChI is InChI=1S/C18H20BN3O6S/c1-11-10-22(17-13-5-3-4-6-16(13)29(25,26)21-17)20-18(28-11)12-7-8-14(19(23)24)15(9-12)27-2/h3-9,11,18,20,23-24H,10H2,1-2H3. The Kier molecular flexibility index (Phi) is 5.09. The zero-order chi connectivity index (χ0) is 20.8. The van der Waals surface area contributed by atoms with Crippen LogP contribution in [0.3, 0.4) is 0 Å². The Bertz CT molecular complexity index is 1080. The van der Waals surface area contributed by atoms with Crippen molar-refractivity contribution in [3.05, 3.63) is 53.6 Å². The fourth-order valence-corrected chi connectivity index (χ4v) is 4.66.